The van der Waals surface area contributed by atoms with E-state index in [1.165, 1.54) is 6.07 Å². The largest absolute Gasteiger partial charge is 0.477 e. The summed E-state index contributed by atoms with van der Waals surface area (Å²) in [6.07, 6.45) is 1.59. The van der Waals surface area contributed by atoms with Crippen LogP contribution in [0.15, 0.2) is 30.5 Å². The summed E-state index contributed by atoms with van der Waals surface area (Å²) in [5.74, 6) is 0.556. The first-order chi connectivity index (χ1) is 11.4. The van der Waals surface area contributed by atoms with E-state index < -0.39 is 5.97 Å². The zero-order valence-corrected chi connectivity index (χ0v) is 13.1. The van der Waals surface area contributed by atoms with Crippen LogP contribution >= 0.6 is 0 Å². The number of nitrogens with two attached hydrogens (primary N) is 1. The number of hydrogen-bond donors (Lipinski definition) is 3. The van der Waals surface area contributed by atoms with Gasteiger partial charge in [0.2, 0.25) is 5.95 Å². The number of carboxylic acids is 1. The molecule has 0 unspecified atom stereocenters. The minimum absolute atomic E-state index is 0.0451. The lowest BCUT2D eigenvalue weighted by molar-refractivity contribution is 0.0690. The number of aryl methyl sites for hydroxylation is 2. The van der Waals surface area contributed by atoms with Gasteiger partial charge in [0.25, 0.3) is 0 Å². The number of nitrogens with one attached hydrogen (secondary N) is 1. The number of aromatic nitrogens is 5. The molecule has 0 saturated carbocycles. The summed E-state index contributed by atoms with van der Waals surface area (Å²) in [4.78, 5) is 23.4. The van der Waals surface area contributed by atoms with Crippen molar-refractivity contribution in [1.29, 1.82) is 0 Å². The number of nitrogen functional groups attached to an aromatic ring is 1. The molecule has 0 saturated heterocycles. The molecule has 0 bridgehead atoms. The zero-order valence-electron chi connectivity index (χ0n) is 13.1. The Morgan fingerprint density at radius 2 is 2.00 bits per heavy atom. The third kappa shape index (κ3) is 3.00. The molecule has 0 spiro atoms. The molecule has 3 heterocycles. The van der Waals surface area contributed by atoms with E-state index in [9.17, 15) is 4.79 Å². The van der Waals surface area contributed by atoms with Gasteiger partial charge in [-0.05, 0) is 25.5 Å². The van der Waals surface area contributed by atoms with Gasteiger partial charge in [0.05, 0.1) is 6.20 Å². The van der Waals surface area contributed by atoms with Gasteiger partial charge < -0.3 is 16.2 Å². The molecule has 0 aliphatic carbocycles. The van der Waals surface area contributed by atoms with Gasteiger partial charge in [-0.1, -0.05) is 6.07 Å². The second kappa shape index (κ2) is 5.95. The van der Waals surface area contributed by atoms with E-state index in [2.05, 4.69) is 25.4 Å². The molecule has 9 heteroatoms. The molecule has 0 amide bonds. The molecule has 0 atom stereocenters. The fourth-order valence-corrected chi connectivity index (χ4v) is 2.16. The highest BCUT2D eigenvalue weighted by molar-refractivity contribution is 5.86. The Kier molecular flexibility index (Phi) is 3.82. The Hall–Kier alpha value is -3.49. The monoisotopic (exact) mass is 325 g/mol. The molecular formula is C15H15N7O2. The molecule has 0 aliphatic heterocycles. The molecule has 0 aliphatic rings. The van der Waals surface area contributed by atoms with Crippen LogP contribution in [-0.2, 0) is 0 Å². The van der Waals surface area contributed by atoms with Crippen LogP contribution < -0.4 is 11.1 Å². The van der Waals surface area contributed by atoms with E-state index in [0.29, 0.717) is 23.1 Å². The van der Waals surface area contributed by atoms with Gasteiger partial charge in [0.15, 0.2) is 11.5 Å². The summed E-state index contributed by atoms with van der Waals surface area (Å²) in [6.45, 7) is 3.63. The molecule has 3 aromatic heterocycles. The van der Waals surface area contributed by atoms with Crippen molar-refractivity contribution in [3.8, 4) is 5.82 Å². The van der Waals surface area contributed by atoms with E-state index in [4.69, 9.17) is 10.8 Å². The highest BCUT2D eigenvalue weighted by atomic mass is 16.4. The average Bonchev–Trinajstić information content (AvgIpc) is 2.96. The van der Waals surface area contributed by atoms with E-state index in [1.807, 2.05) is 6.92 Å². The van der Waals surface area contributed by atoms with Crippen LogP contribution in [0.3, 0.4) is 0 Å². The summed E-state index contributed by atoms with van der Waals surface area (Å²) in [5.41, 5.74) is 7.15. The predicted molar refractivity (Wildman–Crippen MR) is 87.5 cm³/mol. The van der Waals surface area contributed by atoms with Crippen molar-refractivity contribution in [2.45, 2.75) is 13.8 Å². The second-order valence-corrected chi connectivity index (χ2v) is 5.15. The maximum Gasteiger partial charge on any atom is 0.354 e. The first kappa shape index (κ1) is 15.4. The van der Waals surface area contributed by atoms with Gasteiger partial charge >= 0.3 is 5.97 Å². The zero-order chi connectivity index (χ0) is 17.3. The quantitative estimate of drug-likeness (QED) is 0.660. The molecule has 3 rings (SSSR count). The van der Waals surface area contributed by atoms with Crippen LogP contribution in [0.5, 0.6) is 0 Å². The smallest absolute Gasteiger partial charge is 0.354 e. The lowest BCUT2D eigenvalue weighted by atomic mass is 10.2. The van der Waals surface area contributed by atoms with Crippen molar-refractivity contribution >= 4 is 23.6 Å². The minimum Gasteiger partial charge on any atom is -0.477 e. The number of carbonyl (C=O) groups is 1. The van der Waals surface area contributed by atoms with Gasteiger partial charge in [-0.25, -0.2) is 14.8 Å². The van der Waals surface area contributed by atoms with E-state index in [-0.39, 0.29) is 11.6 Å². The van der Waals surface area contributed by atoms with Crippen molar-refractivity contribution < 1.29 is 9.90 Å². The van der Waals surface area contributed by atoms with E-state index in [0.717, 1.165) is 5.56 Å². The molecule has 4 N–H and O–H groups in total. The molecule has 122 valence electrons. The fraction of sp³-hybridized carbons (Fsp3) is 0.133. The van der Waals surface area contributed by atoms with Crippen LogP contribution in [0, 0.1) is 13.8 Å². The van der Waals surface area contributed by atoms with E-state index >= 15 is 0 Å². The average molecular weight is 325 g/mol. The standard InChI is InChI=1S/C15H15N7O2/c1-8-3-4-10(14(23)24)19-13(8)20-11-5-6-17-22(11)12-7-9(2)18-15(16)21-12/h3-7H,1-2H3,(H,19,20)(H,23,24)(H2,16,18,21). The first-order valence-corrected chi connectivity index (χ1v) is 7.07. The number of nitrogens with zero attached hydrogens (tertiary/aromatic N) is 5. The molecule has 0 aromatic carbocycles. The molecule has 0 fully saturated rings. The third-order valence-corrected chi connectivity index (χ3v) is 3.28. The Bertz CT molecular complexity index is 900. The summed E-state index contributed by atoms with van der Waals surface area (Å²) >= 11 is 0. The number of pyridine rings is 1. The van der Waals surface area contributed by atoms with Crippen LogP contribution in [0.2, 0.25) is 0 Å². The summed E-state index contributed by atoms with van der Waals surface area (Å²) in [6, 6.07) is 6.60. The van der Waals surface area contributed by atoms with Gasteiger partial charge in [-0.15, -0.1) is 0 Å². The van der Waals surface area contributed by atoms with Crippen molar-refractivity contribution in [3.05, 3.63) is 47.4 Å². The SMILES string of the molecule is Cc1cc(-n2nccc2Nc2nc(C(=O)O)ccc2C)nc(N)n1. The lowest BCUT2D eigenvalue weighted by Gasteiger charge is -2.11. The number of aromatic carboxylic acids is 1. The van der Waals surface area contributed by atoms with Crippen LogP contribution in [-0.4, -0.2) is 35.8 Å². The Balaban J connectivity index is 2.00. The number of carboxylic acid groups (broad SMARTS) is 1. The Morgan fingerprint density at radius 1 is 1.21 bits per heavy atom. The number of anilines is 3. The van der Waals surface area contributed by atoms with Gasteiger partial charge in [-0.3, -0.25) is 0 Å². The normalized spacial score (nSPS) is 10.6. The number of hydrogen-bond acceptors (Lipinski definition) is 7. The number of rotatable bonds is 4. The lowest BCUT2D eigenvalue weighted by Crippen LogP contribution is -2.10. The van der Waals surface area contributed by atoms with Crippen LogP contribution in [0.25, 0.3) is 5.82 Å². The summed E-state index contributed by atoms with van der Waals surface area (Å²) in [5, 5.41) is 16.4. The molecular weight excluding hydrogens is 310 g/mol. The molecule has 9 nitrogen and oxygen atoms in total. The van der Waals surface area contributed by atoms with Crippen molar-refractivity contribution in [2.24, 2.45) is 0 Å². The van der Waals surface area contributed by atoms with Crippen LogP contribution in [0.4, 0.5) is 17.6 Å². The summed E-state index contributed by atoms with van der Waals surface area (Å²) < 4.78 is 1.54. The van der Waals surface area contributed by atoms with Crippen molar-refractivity contribution in [2.75, 3.05) is 11.1 Å². The maximum atomic E-state index is 11.1. The highest BCUT2D eigenvalue weighted by Gasteiger charge is 2.12. The maximum absolute atomic E-state index is 11.1. The Labute approximate surface area is 137 Å². The van der Waals surface area contributed by atoms with Gasteiger partial charge in [0.1, 0.15) is 11.6 Å². The van der Waals surface area contributed by atoms with Gasteiger partial charge in [0, 0.05) is 17.8 Å². The molecule has 3 aromatic rings. The third-order valence-electron chi connectivity index (χ3n) is 3.28. The van der Waals surface area contributed by atoms with Crippen LogP contribution in [0.1, 0.15) is 21.7 Å². The fourth-order valence-electron chi connectivity index (χ4n) is 2.16. The van der Waals surface area contributed by atoms with E-state index in [1.54, 1.807) is 36.0 Å². The first-order valence-electron chi connectivity index (χ1n) is 7.07. The molecule has 0 radical (unpaired) electrons. The van der Waals surface area contributed by atoms with Gasteiger partial charge in [-0.2, -0.15) is 14.8 Å². The Morgan fingerprint density at radius 3 is 2.71 bits per heavy atom. The highest BCUT2D eigenvalue weighted by Crippen LogP contribution is 2.21. The predicted octanol–water partition coefficient (Wildman–Crippen LogP) is 1.70. The van der Waals surface area contributed by atoms with Crippen molar-refractivity contribution in [1.82, 2.24) is 24.7 Å². The minimum atomic E-state index is -1.09. The van der Waals surface area contributed by atoms with Crippen molar-refractivity contribution in [3.63, 3.8) is 0 Å². The second-order valence-electron chi connectivity index (χ2n) is 5.15. The topological polar surface area (TPSA) is 132 Å². The summed E-state index contributed by atoms with van der Waals surface area (Å²) in [7, 11) is 0. The molecule has 24 heavy (non-hydrogen) atoms.